The Hall–Kier alpha value is -1.42. The zero-order chi connectivity index (χ0) is 15.0. The summed E-state index contributed by atoms with van der Waals surface area (Å²) in [5, 5.41) is 0. The average Bonchev–Trinajstić information content (AvgIpc) is 3.02. The van der Waals surface area contributed by atoms with Gasteiger partial charge in [0.1, 0.15) is 6.61 Å². The minimum Gasteiger partial charge on any atom is -0.493 e. The maximum Gasteiger partial charge on any atom is 0.162 e. The molecule has 20 heavy (non-hydrogen) atoms. The van der Waals surface area contributed by atoms with Gasteiger partial charge >= 0.3 is 0 Å². The topological polar surface area (TPSA) is 47.7 Å². The van der Waals surface area contributed by atoms with Gasteiger partial charge in [0, 0.05) is 17.8 Å². The van der Waals surface area contributed by atoms with Crippen LogP contribution < -0.4 is 15.2 Å². The van der Waals surface area contributed by atoms with E-state index in [1.165, 1.54) is 25.9 Å². The molecule has 0 aliphatic carbocycles. The molecule has 1 heterocycles. The maximum absolute atomic E-state index is 5.84. The van der Waals surface area contributed by atoms with Gasteiger partial charge in [0.2, 0.25) is 0 Å². The third kappa shape index (κ3) is 4.60. The van der Waals surface area contributed by atoms with Gasteiger partial charge in [-0.2, -0.15) is 0 Å². The number of hydrogen-bond donors (Lipinski definition) is 1. The molecule has 1 aromatic carbocycles. The lowest BCUT2D eigenvalue weighted by Crippen LogP contribution is -2.34. The molecule has 1 saturated heterocycles. The van der Waals surface area contributed by atoms with Crippen LogP contribution in [-0.2, 0) is 0 Å². The summed E-state index contributed by atoms with van der Waals surface area (Å²) in [7, 11) is 1.63. The molecule has 1 fully saturated rings. The van der Waals surface area contributed by atoms with Crippen molar-refractivity contribution < 1.29 is 9.47 Å². The number of benzene rings is 1. The Labute approximate surface area is 122 Å². The van der Waals surface area contributed by atoms with Crippen LogP contribution in [0.1, 0.15) is 33.6 Å². The van der Waals surface area contributed by atoms with Crippen molar-refractivity contribution >= 4 is 5.69 Å². The summed E-state index contributed by atoms with van der Waals surface area (Å²) in [5.41, 5.74) is 6.40. The molecule has 4 heteroatoms. The van der Waals surface area contributed by atoms with Gasteiger partial charge in [-0.3, -0.25) is 4.90 Å². The minimum atomic E-state index is 0.440. The van der Waals surface area contributed by atoms with Gasteiger partial charge in [0.25, 0.3) is 0 Å². The standard InChI is InChI=1S/C14H22N2O2.C2H6/c1-11(16-7-3-4-8-16)10-18-13-6-5-12(15)9-14(13)17-2;1-2/h5-6,9,11H,3-4,7-8,10,15H2,1-2H3;1-2H3. The highest BCUT2D eigenvalue weighted by Crippen LogP contribution is 2.29. The van der Waals surface area contributed by atoms with Crippen LogP contribution >= 0.6 is 0 Å². The van der Waals surface area contributed by atoms with Crippen molar-refractivity contribution in [1.82, 2.24) is 4.90 Å². The van der Waals surface area contributed by atoms with E-state index in [9.17, 15) is 0 Å². The first-order valence-corrected chi connectivity index (χ1v) is 7.51. The Kier molecular flexibility index (Phi) is 7.23. The summed E-state index contributed by atoms with van der Waals surface area (Å²) in [5.74, 6) is 1.46. The fourth-order valence-corrected chi connectivity index (χ4v) is 2.30. The number of nitrogens with zero attached hydrogens (tertiary/aromatic N) is 1. The number of methoxy groups -OCH3 is 1. The molecule has 1 aliphatic rings. The first-order chi connectivity index (χ1) is 9.70. The average molecular weight is 280 g/mol. The van der Waals surface area contributed by atoms with Gasteiger partial charge in [0.05, 0.1) is 7.11 Å². The zero-order valence-electron chi connectivity index (χ0n) is 13.2. The van der Waals surface area contributed by atoms with Crippen LogP contribution in [0.5, 0.6) is 11.5 Å². The minimum absolute atomic E-state index is 0.440. The molecular weight excluding hydrogens is 252 g/mol. The largest absolute Gasteiger partial charge is 0.493 e. The van der Waals surface area contributed by atoms with Crippen LogP contribution in [0, 0.1) is 0 Å². The molecule has 1 atom stereocenters. The second kappa shape index (κ2) is 8.69. The lowest BCUT2D eigenvalue weighted by molar-refractivity contribution is 0.169. The van der Waals surface area contributed by atoms with Crippen LogP contribution in [0.3, 0.4) is 0 Å². The van der Waals surface area contributed by atoms with Gasteiger partial charge in [-0.05, 0) is 45.0 Å². The van der Waals surface area contributed by atoms with E-state index in [-0.39, 0.29) is 0 Å². The number of nitrogens with two attached hydrogens (primary N) is 1. The van der Waals surface area contributed by atoms with E-state index in [4.69, 9.17) is 15.2 Å². The number of anilines is 1. The summed E-state index contributed by atoms with van der Waals surface area (Å²) in [6, 6.07) is 5.92. The Morgan fingerprint density at radius 2 is 1.85 bits per heavy atom. The molecule has 4 nitrogen and oxygen atoms in total. The molecule has 0 radical (unpaired) electrons. The number of rotatable bonds is 5. The van der Waals surface area contributed by atoms with Crippen molar-refractivity contribution in [2.24, 2.45) is 0 Å². The Bertz CT molecular complexity index is 390. The van der Waals surface area contributed by atoms with E-state index >= 15 is 0 Å². The van der Waals surface area contributed by atoms with Crippen molar-refractivity contribution in [1.29, 1.82) is 0 Å². The van der Waals surface area contributed by atoms with Crippen LogP contribution in [0.4, 0.5) is 5.69 Å². The number of nitrogen functional groups attached to an aromatic ring is 1. The second-order valence-corrected chi connectivity index (χ2v) is 4.81. The number of ether oxygens (including phenoxy) is 2. The Balaban J connectivity index is 0.000000956. The van der Waals surface area contributed by atoms with E-state index in [1.807, 2.05) is 26.0 Å². The molecule has 2 rings (SSSR count). The van der Waals surface area contributed by atoms with Gasteiger partial charge < -0.3 is 15.2 Å². The van der Waals surface area contributed by atoms with Crippen molar-refractivity contribution in [3.8, 4) is 11.5 Å². The van der Waals surface area contributed by atoms with Gasteiger partial charge in [-0.1, -0.05) is 13.8 Å². The first-order valence-electron chi connectivity index (χ1n) is 7.51. The van der Waals surface area contributed by atoms with Crippen LogP contribution in [-0.4, -0.2) is 37.7 Å². The first kappa shape index (κ1) is 16.6. The van der Waals surface area contributed by atoms with E-state index in [0.717, 1.165) is 5.75 Å². The van der Waals surface area contributed by atoms with Crippen LogP contribution in [0.2, 0.25) is 0 Å². The van der Waals surface area contributed by atoms with Crippen molar-refractivity contribution in [3.05, 3.63) is 18.2 Å². The smallest absolute Gasteiger partial charge is 0.162 e. The summed E-state index contributed by atoms with van der Waals surface area (Å²) < 4.78 is 11.1. The fraction of sp³-hybridized carbons (Fsp3) is 0.625. The molecule has 1 aromatic rings. The summed E-state index contributed by atoms with van der Waals surface area (Å²) in [6.07, 6.45) is 2.60. The molecule has 0 aromatic heterocycles. The molecule has 1 unspecified atom stereocenters. The SMILES string of the molecule is CC.COc1cc(N)ccc1OCC(C)N1CCCC1. The molecule has 0 spiro atoms. The van der Waals surface area contributed by atoms with E-state index in [0.29, 0.717) is 24.1 Å². The van der Waals surface area contributed by atoms with Gasteiger partial charge in [-0.25, -0.2) is 0 Å². The fourth-order valence-electron chi connectivity index (χ4n) is 2.30. The van der Waals surface area contributed by atoms with E-state index < -0.39 is 0 Å². The van der Waals surface area contributed by atoms with Gasteiger partial charge in [-0.15, -0.1) is 0 Å². The molecule has 0 amide bonds. The second-order valence-electron chi connectivity index (χ2n) is 4.81. The third-order valence-corrected chi connectivity index (χ3v) is 3.43. The van der Waals surface area contributed by atoms with E-state index in [2.05, 4.69) is 11.8 Å². The highest BCUT2D eigenvalue weighted by Gasteiger charge is 2.18. The van der Waals surface area contributed by atoms with Crippen molar-refractivity contribution in [2.45, 2.75) is 39.7 Å². The van der Waals surface area contributed by atoms with Crippen molar-refractivity contribution in [3.63, 3.8) is 0 Å². The Morgan fingerprint density at radius 3 is 2.45 bits per heavy atom. The molecular formula is C16H28N2O2. The summed E-state index contributed by atoms with van der Waals surface area (Å²) in [4.78, 5) is 2.46. The Morgan fingerprint density at radius 1 is 1.20 bits per heavy atom. The lowest BCUT2D eigenvalue weighted by Gasteiger charge is -2.24. The molecule has 0 saturated carbocycles. The summed E-state index contributed by atoms with van der Waals surface area (Å²) in [6.45, 7) is 9.25. The third-order valence-electron chi connectivity index (χ3n) is 3.43. The predicted molar refractivity (Wildman–Crippen MR) is 84.5 cm³/mol. The molecule has 1 aliphatic heterocycles. The predicted octanol–water partition coefficient (Wildman–Crippen LogP) is 3.17. The van der Waals surface area contributed by atoms with Crippen molar-refractivity contribution in [2.75, 3.05) is 32.5 Å². The number of hydrogen-bond acceptors (Lipinski definition) is 4. The van der Waals surface area contributed by atoms with Crippen LogP contribution in [0.15, 0.2) is 18.2 Å². The summed E-state index contributed by atoms with van der Waals surface area (Å²) >= 11 is 0. The highest BCUT2D eigenvalue weighted by molar-refractivity contribution is 5.51. The molecule has 114 valence electrons. The highest BCUT2D eigenvalue weighted by atomic mass is 16.5. The molecule has 2 N–H and O–H groups in total. The maximum atomic E-state index is 5.84. The molecule has 0 bridgehead atoms. The number of likely N-dealkylation sites (tertiary alicyclic amines) is 1. The zero-order valence-corrected chi connectivity index (χ0v) is 13.2. The lowest BCUT2D eigenvalue weighted by atomic mass is 10.2. The van der Waals surface area contributed by atoms with Gasteiger partial charge in [0.15, 0.2) is 11.5 Å². The quantitative estimate of drug-likeness (QED) is 0.842. The normalized spacial score (nSPS) is 16.2. The monoisotopic (exact) mass is 280 g/mol. The van der Waals surface area contributed by atoms with Crippen LogP contribution in [0.25, 0.3) is 0 Å². The van der Waals surface area contributed by atoms with E-state index in [1.54, 1.807) is 13.2 Å².